The molecule has 0 spiro atoms. The molecule has 6 heteroatoms. The molecule has 0 N–H and O–H groups in total. The summed E-state index contributed by atoms with van der Waals surface area (Å²) in [5.74, 6) is 2.18. The van der Waals surface area contributed by atoms with Gasteiger partial charge in [0.25, 0.3) is 0 Å². The minimum Gasteiger partial charge on any atom is -0.457 e. The number of fused-ring (bicyclic) bond motifs is 1. The zero-order chi connectivity index (χ0) is 18.1. The van der Waals surface area contributed by atoms with Crippen molar-refractivity contribution in [3.63, 3.8) is 0 Å². The Bertz CT molecular complexity index is 1190. The monoisotopic (exact) mass is 354 g/mol. The van der Waals surface area contributed by atoms with Crippen LogP contribution in [0, 0.1) is 0 Å². The summed E-state index contributed by atoms with van der Waals surface area (Å²) in [4.78, 5) is 0. The van der Waals surface area contributed by atoms with Gasteiger partial charge in [-0.15, -0.1) is 5.10 Å². The van der Waals surface area contributed by atoms with Crippen LogP contribution >= 0.6 is 0 Å². The number of aromatic nitrogens is 4. The SMILES string of the molecule is c1ccc(Oc2ccc(-c3cn(-c4noc5ccccc45)nn3)cc2)cc1. The molecule has 0 bridgehead atoms. The Morgan fingerprint density at radius 2 is 1.52 bits per heavy atom. The van der Waals surface area contributed by atoms with Crippen LogP contribution in [0.25, 0.3) is 28.0 Å². The maximum absolute atomic E-state index is 5.82. The van der Waals surface area contributed by atoms with E-state index in [2.05, 4.69) is 15.5 Å². The summed E-state index contributed by atoms with van der Waals surface area (Å²) in [6.07, 6.45) is 1.83. The van der Waals surface area contributed by atoms with Crippen LogP contribution in [-0.4, -0.2) is 20.2 Å². The van der Waals surface area contributed by atoms with E-state index in [0.717, 1.165) is 28.1 Å². The summed E-state index contributed by atoms with van der Waals surface area (Å²) in [6, 6.07) is 25.1. The van der Waals surface area contributed by atoms with Crippen molar-refractivity contribution in [2.45, 2.75) is 0 Å². The maximum atomic E-state index is 5.82. The van der Waals surface area contributed by atoms with E-state index in [4.69, 9.17) is 9.26 Å². The van der Waals surface area contributed by atoms with Crippen molar-refractivity contribution in [2.24, 2.45) is 0 Å². The second-order valence-electron chi connectivity index (χ2n) is 5.99. The Morgan fingerprint density at radius 3 is 2.37 bits per heavy atom. The van der Waals surface area contributed by atoms with Crippen LogP contribution in [0.15, 0.2) is 89.6 Å². The number of ether oxygens (including phenoxy) is 1. The fourth-order valence-corrected chi connectivity index (χ4v) is 2.86. The number of benzene rings is 3. The number of hydrogen-bond acceptors (Lipinski definition) is 5. The topological polar surface area (TPSA) is 66.0 Å². The quantitative estimate of drug-likeness (QED) is 0.461. The van der Waals surface area contributed by atoms with E-state index < -0.39 is 0 Å². The second kappa shape index (κ2) is 6.42. The maximum Gasteiger partial charge on any atom is 0.205 e. The molecule has 3 aromatic carbocycles. The van der Waals surface area contributed by atoms with Gasteiger partial charge in [-0.25, -0.2) is 0 Å². The Balaban J connectivity index is 1.41. The molecule has 0 saturated carbocycles. The van der Waals surface area contributed by atoms with Crippen molar-refractivity contribution >= 4 is 11.0 Å². The first-order valence-electron chi connectivity index (χ1n) is 8.47. The average molecular weight is 354 g/mol. The Hall–Kier alpha value is -3.93. The van der Waals surface area contributed by atoms with Gasteiger partial charge in [0, 0.05) is 5.56 Å². The highest BCUT2D eigenvalue weighted by Gasteiger charge is 2.12. The minimum atomic E-state index is 0.619. The van der Waals surface area contributed by atoms with Crippen LogP contribution in [0.3, 0.4) is 0 Å². The highest BCUT2D eigenvalue weighted by Crippen LogP contribution is 2.26. The molecule has 5 rings (SSSR count). The molecule has 0 fully saturated rings. The summed E-state index contributed by atoms with van der Waals surface area (Å²) in [7, 11) is 0. The van der Waals surface area contributed by atoms with Gasteiger partial charge in [-0.05, 0) is 48.5 Å². The average Bonchev–Trinajstić information content (AvgIpc) is 3.36. The van der Waals surface area contributed by atoms with Gasteiger partial charge in [0.1, 0.15) is 17.2 Å². The lowest BCUT2D eigenvalue weighted by Gasteiger charge is -2.05. The van der Waals surface area contributed by atoms with Gasteiger partial charge in [-0.1, -0.05) is 40.7 Å². The summed E-state index contributed by atoms with van der Waals surface area (Å²) < 4.78 is 12.8. The molecule has 0 radical (unpaired) electrons. The smallest absolute Gasteiger partial charge is 0.205 e. The van der Waals surface area contributed by atoms with Gasteiger partial charge < -0.3 is 9.26 Å². The van der Waals surface area contributed by atoms with Gasteiger partial charge in [-0.3, -0.25) is 0 Å². The fourth-order valence-electron chi connectivity index (χ4n) is 2.86. The predicted octanol–water partition coefficient (Wildman–Crippen LogP) is 4.87. The molecule has 0 atom stereocenters. The largest absolute Gasteiger partial charge is 0.457 e. The van der Waals surface area contributed by atoms with Crippen molar-refractivity contribution in [3.8, 4) is 28.6 Å². The van der Waals surface area contributed by atoms with Crippen LogP contribution in [0.2, 0.25) is 0 Å². The molecule has 130 valence electrons. The molecule has 0 aliphatic carbocycles. The molecule has 0 amide bonds. The van der Waals surface area contributed by atoms with Crippen molar-refractivity contribution in [2.75, 3.05) is 0 Å². The van der Waals surface area contributed by atoms with Crippen molar-refractivity contribution < 1.29 is 9.26 Å². The van der Waals surface area contributed by atoms with E-state index in [9.17, 15) is 0 Å². The molecule has 0 unspecified atom stereocenters. The fraction of sp³-hybridized carbons (Fsp3) is 0. The van der Waals surface area contributed by atoms with Crippen molar-refractivity contribution in [3.05, 3.63) is 85.1 Å². The summed E-state index contributed by atoms with van der Waals surface area (Å²) in [6.45, 7) is 0. The highest BCUT2D eigenvalue weighted by atomic mass is 16.5. The standard InChI is InChI=1S/C21H14N4O2/c1-2-6-16(7-3-1)26-17-12-10-15(11-13-17)19-14-25(24-22-19)21-18-8-4-5-9-20(18)27-23-21/h1-14H. The number of para-hydroxylation sites is 2. The van der Waals surface area contributed by atoms with Crippen molar-refractivity contribution in [1.82, 2.24) is 20.2 Å². The highest BCUT2D eigenvalue weighted by molar-refractivity contribution is 5.83. The third-order valence-corrected chi connectivity index (χ3v) is 4.20. The third-order valence-electron chi connectivity index (χ3n) is 4.20. The van der Waals surface area contributed by atoms with Gasteiger partial charge in [0.2, 0.25) is 5.82 Å². The Morgan fingerprint density at radius 1 is 0.778 bits per heavy atom. The summed E-state index contributed by atoms with van der Waals surface area (Å²) in [5.41, 5.74) is 2.40. The molecular formula is C21H14N4O2. The van der Waals surface area contributed by atoms with Crippen LogP contribution in [0.1, 0.15) is 0 Å². The molecule has 5 aromatic rings. The summed E-state index contributed by atoms with van der Waals surface area (Å²) in [5, 5.41) is 13.4. The van der Waals surface area contributed by atoms with Crippen molar-refractivity contribution in [1.29, 1.82) is 0 Å². The van der Waals surface area contributed by atoms with E-state index >= 15 is 0 Å². The predicted molar refractivity (Wildman–Crippen MR) is 101 cm³/mol. The van der Waals surface area contributed by atoms with Crippen LogP contribution < -0.4 is 4.74 Å². The Kier molecular flexibility index (Phi) is 3.65. The molecule has 0 saturated heterocycles. The van der Waals surface area contributed by atoms with E-state index in [0.29, 0.717) is 11.4 Å². The lowest BCUT2D eigenvalue weighted by molar-refractivity contribution is 0.449. The number of hydrogen-bond donors (Lipinski definition) is 0. The molecule has 2 aromatic heterocycles. The van der Waals surface area contributed by atoms with E-state index in [1.165, 1.54) is 0 Å². The molecule has 0 aliphatic rings. The van der Waals surface area contributed by atoms with Gasteiger partial charge in [0.15, 0.2) is 5.58 Å². The zero-order valence-corrected chi connectivity index (χ0v) is 14.2. The molecule has 27 heavy (non-hydrogen) atoms. The third kappa shape index (κ3) is 2.93. The summed E-state index contributed by atoms with van der Waals surface area (Å²) >= 11 is 0. The lowest BCUT2D eigenvalue weighted by Crippen LogP contribution is -1.95. The van der Waals surface area contributed by atoms with Crippen LogP contribution in [0.5, 0.6) is 11.5 Å². The van der Waals surface area contributed by atoms with Crippen LogP contribution in [0.4, 0.5) is 0 Å². The zero-order valence-electron chi connectivity index (χ0n) is 14.2. The first-order chi connectivity index (χ1) is 13.4. The number of rotatable bonds is 4. The normalized spacial score (nSPS) is 11.0. The first-order valence-corrected chi connectivity index (χ1v) is 8.47. The second-order valence-corrected chi connectivity index (χ2v) is 5.99. The molecule has 6 nitrogen and oxygen atoms in total. The van der Waals surface area contributed by atoms with E-state index in [1.54, 1.807) is 4.68 Å². The van der Waals surface area contributed by atoms with Gasteiger partial charge in [-0.2, -0.15) is 4.68 Å². The molecular weight excluding hydrogens is 340 g/mol. The van der Waals surface area contributed by atoms with Crippen LogP contribution in [-0.2, 0) is 0 Å². The lowest BCUT2D eigenvalue weighted by atomic mass is 10.1. The molecule has 2 heterocycles. The minimum absolute atomic E-state index is 0.619. The van der Waals surface area contributed by atoms with Gasteiger partial charge >= 0.3 is 0 Å². The first kappa shape index (κ1) is 15.3. The van der Waals surface area contributed by atoms with E-state index in [-0.39, 0.29) is 0 Å². The Labute approximate surface area is 154 Å². The van der Waals surface area contributed by atoms with E-state index in [1.807, 2.05) is 85.1 Å². The number of nitrogens with zero attached hydrogens (tertiary/aromatic N) is 4. The molecule has 0 aliphatic heterocycles. The van der Waals surface area contributed by atoms with Gasteiger partial charge in [0.05, 0.1) is 11.6 Å².